The number of nitrogens with zero attached hydrogens (tertiary/aromatic N) is 1. The fraction of sp³-hybridized carbons (Fsp3) is 0.385. The summed E-state index contributed by atoms with van der Waals surface area (Å²) >= 11 is 5.84. The third-order valence-electron chi connectivity index (χ3n) is 2.51. The molecule has 0 radical (unpaired) electrons. The van der Waals surface area contributed by atoms with E-state index in [0.717, 1.165) is 5.56 Å². The Kier molecular flexibility index (Phi) is 4.09. The minimum Gasteiger partial charge on any atom is -0.298 e. The van der Waals surface area contributed by atoms with E-state index in [1.165, 1.54) is 0 Å². The van der Waals surface area contributed by atoms with Crippen molar-refractivity contribution in [1.82, 2.24) is 0 Å². The van der Waals surface area contributed by atoms with Gasteiger partial charge >= 0.3 is 0 Å². The van der Waals surface area contributed by atoms with E-state index < -0.39 is 5.41 Å². The standard InChI is InChI=1S/C13H14ClNO/c1-13(2,9-15)12(16)7-6-10-4-3-5-11(14)8-10/h3-5,8H,6-7H2,1-2H3. The normalized spacial score (nSPS) is 10.9. The Morgan fingerprint density at radius 2 is 2.19 bits per heavy atom. The second kappa shape index (κ2) is 5.14. The molecule has 1 aromatic carbocycles. The van der Waals surface area contributed by atoms with Gasteiger partial charge in [-0.2, -0.15) is 5.26 Å². The Morgan fingerprint density at radius 3 is 2.75 bits per heavy atom. The van der Waals surface area contributed by atoms with Gasteiger partial charge in [0, 0.05) is 11.4 Å². The van der Waals surface area contributed by atoms with Crippen LogP contribution >= 0.6 is 11.6 Å². The molecule has 0 aromatic heterocycles. The average Bonchev–Trinajstić information content (AvgIpc) is 2.26. The first-order valence-electron chi connectivity index (χ1n) is 5.15. The van der Waals surface area contributed by atoms with Gasteiger partial charge in [-0.3, -0.25) is 4.79 Å². The molecule has 0 N–H and O–H groups in total. The minimum absolute atomic E-state index is 0.0324. The van der Waals surface area contributed by atoms with E-state index in [4.69, 9.17) is 16.9 Å². The van der Waals surface area contributed by atoms with Gasteiger partial charge in [-0.05, 0) is 38.0 Å². The van der Waals surface area contributed by atoms with E-state index in [1.807, 2.05) is 24.3 Å². The lowest BCUT2D eigenvalue weighted by Gasteiger charge is -2.13. The molecular formula is C13H14ClNO. The Bertz CT molecular complexity index is 432. The average molecular weight is 236 g/mol. The van der Waals surface area contributed by atoms with Crippen LogP contribution in [0.15, 0.2) is 24.3 Å². The summed E-state index contributed by atoms with van der Waals surface area (Å²) in [6.07, 6.45) is 1.01. The van der Waals surface area contributed by atoms with E-state index in [-0.39, 0.29) is 5.78 Å². The van der Waals surface area contributed by atoms with Gasteiger partial charge in [0.1, 0.15) is 5.41 Å². The van der Waals surface area contributed by atoms with Crippen molar-refractivity contribution in [3.05, 3.63) is 34.9 Å². The van der Waals surface area contributed by atoms with Crippen molar-refractivity contribution >= 4 is 17.4 Å². The predicted molar refractivity (Wildman–Crippen MR) is 64.2 cm³/mol. The summed E-state index contributed by atoms with van der Waals surface area (Å²) in [7, 11) is 0. The zero-order chi connectivity index (χ0) is 12.2. The highest BCUT2D eigenvalue weighted by molar-refractivity contribution is 6.30. The number of hydrogen-bond donors (Lipinski definition) is 0. The molecule has 3 heteroatoms. The lowest BCUT2D eigenvalue weighted by atomic mass is 9.87. The van der Waals surface area contributed by atoms with Crippen LogP contribution in [-0.4, -0.2) is 5.78 Å². The van der Waals surface area contributed by atoms with Gasteiger partial charge in [-0.15, -0.1) is 0 Å². The maximum Gasteiger partial charge on any atom is 0.152 e. The number of nitriles is 1. The van der Waals surface area contributed by atoms with Crippen molar-refractivity contribution in [2.45, 2.75) is 26.7 Å². The van der Waals surface area contributed by atoms with Crippen LogP contribution in [0.25, 0.3) is 0 Å². The quantitative estimate of drug-likeness (QED) is 0.803. The van der Waals surface area contributed by atoms with Gasteiger partial charge in [0.05, 0.1) is 6.07 Å². The molecule has 0 heterocycles. The molecule has 16 heavy (non-hydrogen) atoms. The maximum absolute atomic E-state index is 11.7. The van der Waals surface area contributed by atoms with Crippen molar-refractivity contribution in [1.29, 1.82) is 5.26 Å². The highest BCUT2D eigenvalue weighted by atomic mass is 35.5. The van der Waals surface area contributed by atoms with Crippen molar-refractivity contribution in [2.24, 2.45) is 5.41 Å². The highest BCUT2D eigenvalue weighted by Gasteiger charge is 2.26. The summed E-state index contributed by atoms with van der Waals surface area (Å²) in [5, 5.41) is 9.48. The molecule has 0 unspecified atom stereocenters. The van der Waals surface area contributed by atoms with E-state index in [1.54, 1.807) is 19.9 Å². The molecular weight excluding hydrogens is 222 g/mol. The lowest BCUT2D eigenvalue weighted by Crippen LogP contribution is -2.22. The molecule has 0 bridgehead atoms. The Morgan fingerprint density at radius 1 is 1.50 bits per heavy atom. The van der Waals surface area contributed by atoms with Gasteiger partial charge in [-0.25, -0.2) is 0 Å². The van der Waals surface area contributed by atoms with E-state index in [9.17, 15) is 4.79 Å². The van der Waals surface area contributed by atoms with Crippen LogP contribution < -0.4 is 0 Å². The first-order valence-corrected chi connectivity index (χ1v) is 5.52. The molecule has 0 spiro atoms. The van der Waals surface area contributed by atoms with Gasteiger partial charge < -0.3 is 0 Å². The van der Waals surface area contributed by atoms with Crippen LogP contribution in [0.5, 0.6) is 0 Å². The van der Waals surface area contributed by atoms with Gasteiger partial charge in [0.15, 0.2) is 5.78 Å². The van der Waals surface area contributed by atoms with E-state index in [0.29, 0.717) is 17.9 Å². The summed E-state index contributed by atoms with van der Waals surface area (Å²) in [5.41, 5.74) is 0.132. The van der Waals surface area contributed by atoms with Gasteiger partial charge in [0.25, 0.3) is 0 Å². The first kappa shape index (κ1) is 12.7. The summed E-state index contributed by atoms with van der Waals surface area (Å²) in [6.45, 7) is 3.29. The number of benzene rings is 1. The van der Waals surface area contributed by atoms with Gasteiger partial charge in [-0.1, -0.05) is 23.7 Å². The van der Waals surface area contributed by atoms with E-state index in [2.05, 4.69) is 0 Å². The molecule has 84 valence electrons. The molecule has 1 rings (SSSR count). The molecule has 0 aliphatic rings. The number of hydrogen-bond acceptors (Lipinski definition) is 2. The summed E-state index contributed by atoms with van der Waals surface area (Å²) in [6, 6.07) is 9.44. The number of carbonyl (C=O) groups is 1. The van der Waals surface area contributed by atoms with Crippen LogP contribution in [0.2, 0.25) is 5.02 Å². The van der Waals surface area contributed by atoms with Crippen LogP contribution in [0, 0.1) is 16.7 Å². The van der Waals surface area contributed by atoms with E-state index >= 15 is 0 Å². The summed E-state index contributed by atoms with van der Waals surface area (Å²) in [4.78, 5) is 11.7. The van der Waals surface area contributed by atoms with Crippen LogP contribution in [-0.2, 0) is 11.2 Å². The third-order valence-corrected chi connectivity index (χ3v) is 2.74. The largest absolute Gasteiger partial charge is 0.298 e. The first-order chi connectivity index (χ1) is 7.45. The van der Waals surface area contributed by atoms with Crippen LogP contribution in [0.4, 0.5) is 0 Å². The molecule has 1 aromatic rings. The van der Waals surface area contributed by atoms with Crippen molar-refractivity contribution < 1.29 is 4.79 Å². The van der Waals surface area contributed by atoms with Crippen molar-refractivity contribution in [3.8, 4) is 6.07 Å². The van der Waals surface area contributed by atoms with Gasteiger partial charge in [0.2, 0.25) is 0 Å². The summed E-state index contributed by atoms with van der Waals surface area (Å²) in [5.74, 6) is -0.0324. The SMILES string of the molecule is CC(C)(C#N)C(=O)CCc1cccc(Cl)c1. The lowest BCUT2D eigenvalue weighted by molar-refractivity contribution is -0.124. The molecule has 0 amide bonds. The molecule has 0 aliphatic heterocycles. The fourth-order valence-electron chi connectivity index (χ4n) is 1.33. The molecule has 2 nitrogen and oxygen atoms in total. The molecule has 0 aliphatic carbocycles. The fourth-order valence-corrected chi connectivity index (χ4v) is 1.54. The molecule has 0 saturated carbocycles. The Hall–Kier alpha value is -1.33. The zero-order valence-corrected chi connectivity index (χ0v) is 10.2. The Labute approximate surface area is 101 Å². The van der Waals surface area contributed by atoms with Crippen LogP contribution in [0.3, 0.4) is 0 Å². The topological polar surface area (TPSA) is 40.9 Å². The monoisotopic (exact) mass is 235 g/mol. The second-order valence-corrected chi connectivity index (χ2v) is 4.73. The second-order valence-electron chi connectivity index (χ2n) is 4.29. The maximum atomic E-state index is 11.7. The number of halogens is 1. The number of Topliss-reactive ketones (excluding diaryl/α,β-unsaturated/α-hetero) is 1. The zero-order valence-electron chi connectivity index (χ0n) is 9.46. The predicted octanol–water partition coefficient (Wildman–Crippen LogP) is 3.39. The van der Waals surface area contributed by atoms with Crippen LogP contribution in [0.1, 0.15) is 25.8 Å². The number of aryl methyl sites for hydroxylation is 1. The molecule has 0 fully saturated rings. The third kappa shape index (κ3) is 3.36. The molecule has 0 atom stereocenters. The van der Waals surface area contributed by atoms with Crippen molar-refractivity contribution in [2.75, 3.05) is 0 Å². The number of rotatable bonds is 4. The molecule has 0 saturated heterocycles. The summed E-state index contributed by atoms with van der Waals surface area (Å²) < 4.78 is 0. The smallest absolute Gasteiger partial charge is 0.152 e. The van der Waals surface area contributed by atoms with Crippen molar-refractivity contribution in [3.63, 3.8) is 0 Å². The minimum atomic E-state index is -0.890. The number of ketones is 1. The highest BCUT2D eigenvalue weighted by Crippen LogP contribution is 2.19. The Balaban J connectivity index is 2.60. The number of carbonyl (C=O) groups excluding carboxylic acids is 1.